The van der Waals surface area contributed by atoms with Crippen LogP contribution in [0, 0.1) is 6.92 Å². The highest BCUT2D eigenvalue weighted by atomic mass is 16.5. The van der Waals surface area contributed by atoms with Gasteiger partial charge in [-0.15, -0.1) is 0 Å². The Morgan fingerprint density at radius 1 is 1.33 bits per heavy atom. The number of hydrogen-bond acceptors (Lipinski definition) is 5. The summed E-state index contributed by atoms with van der Waals surface area (Å²) in [6.07, 6.45) is 0.250. The third kappa shape index (κ3) is 3.31. The van der Waals surface area contributed by atoms with Gasteiger partial charge in [-0.3, -0.25) is 4.90 Å². The fraction of sp³-hybridized carbons (Fsp3) is 0.500. The molecular formula is C16H21N3O2. The normalized spacial score (nSPS) is 23.4. The summed E-state index contributed by atoms with van der Waals surface area (Å²) in [6, 6.07) is 8.50. The van der Waals surface area contributed by atoms with Gasteiger partial charge in [-0.2, -0.15) is 4.98 Å². The molecule has 5 nitrogen and oxygen atoms in total. The van der Waals surface area contributed by atoms with Gasteiger partial charge >= 0.3 is 0 Å². The van der Waals surface area contributed by atoms with E-state index in [1.807, 2.05) is 12.1 Å². The Hall–Kier alpha value is -1.72. The van der Waals surface area contributed by atoms with E-state index < -0.39 is 0 Å². The first-order valence-electron chi connectivity index (χ1n) is 7.37. The molecule has 0 aliphatic carbocycles. The predicted molar refractivity (Wildman–Crippen MR) is 79.8 cm³/mol. The predicted octanol–water partition coefficient (Wildman–Crippen LogP) is 2.65. The van der Waals surface area contributed by atoms with E-state index in [9.17, 15) is 0 Å². The average Bonchev–Trinajstić information content (AvgIpc) is 2.91. The van der Waals surface area contributed by atoms with Crippen LogP contribution in [0.3, 0.4) is 0 Å². The van der Waals surface area contributed by atoms with E-state index in [-0.39, 0.29) is 6.10 Å². The van der Waals surface area contributed by atoms with Gasteiger partial charge in [-0.25, -0.2) is 0 Å². The van der Waals surface area contributed by atoms with Crippen LogP contribution in [0.5, 0.6) is 0 Å². The van der Waals surface area contributed by atoms with E-state index in [1.165, 1.54) is 5.56 Å². The van der Waals surface area contributed by atoms with Crippen LogP contribution < -0.4 is 0 Å². The van der Waals surface area contributed by atoms with E-state index in [0.29, 0.717) is 24.3 Å². The lowest BCUT2D eigenvalue weighted by atomic mass is 10.1. The van der Waals surface area contributed by atoms with Crippen molar-refractivity contribution in [2.75, 3.05) is 13.2 Å². The zero-order valence-electron chi connectivity index (χ0n) is 12.7. The second-order valence-electron chi connectivity index (χ2n) is 5.80. The van der Waals surface area contributed by atoms with Crippen LogP contribution in [0.25, 0.3) is 11.4 Å². The van der Waals surface area contributed by atoms with Crippen LogP contribution >= 0.6 is 0 Å². The molecular weight excluding hydrogens is 266 g/mol. The lowest BCUT2D eigenvalue weighted by Crippen LogP contribution is -2.46. The molecule has 1 fully saturated rings. The van der Waals surface area contributed by atoms with Crippen molar-refractivity contribution in [3.63, 3.8) is 0 Å². The first-order chi connectivity index (χ1) is 10.1. The molecule has 0 unspecified atom stereocenters. The number of aromatic nitrogens is 2. The number of rotatable bonds is 3. The maximum Gasteiger partial charge on any atom is 0.241 e. The van der Waals surface area contributed by atoms with Crippen molar-refractivity contribution in [2.45, 2.75) is 39.5 Å². The molecule has 1 aliphatic rings. The minimum atomic E-state index is 0.250. The first-order valence-corrected chi connectivity index (χ1v) is 7.37. The molecule has 0 radical (unpaired) electrons. The van der Waals surface area contributed by atoms with Gasteiger partial charge in [0, 0.05) is 18.2 Å². The monoisotopic (exact) mass is 287 g/mol. The van der Waals surface area contributed by atoms with Crippen molar-refractivity contribution in [2.24, 2.45) is 0 Å². The van der Waals surface area contributed by atoms with Gasteiger partial charge < -0.3 is 9.26 Å². The van der Waals surface area contributed by atoms with Crippen LogP contribution in [0.1, 0.15) is 25.3 Å². The minimum absolute atomic E-state index is 0.250. The molecule has 112 valence electrons. The van der Waals surface area contributed by atoms with Crippen LogP contribution in [-0.2, 0) is 11.3 Å². The van der Waals surface area contributed by atoms with Crippen molar-refractivity contribution in [3.05, 3.63) is 35.7 Å². The zero-order chi connectivity index (χ0) is 14.8. The third-order valence-electron chi connectivity index (χ3n) is 3.82. The quantitative estimate of drug-likeness (QED) is 0.868. The molecule has 1 aromatic heterocycles. The van der Waals surface area contributed by atoms with Crippen molar-refractivity contribution in [3.8, 4) is 11.4 Å². The van der Waals surface area contributed by atoms with Crippen LogP contribution in [0.15, 0.2) is 28.8 Å². The number of benzene rings is 1. The molecule has 1 aromatic carbocycles. The van der Waals surface area contributed by atoms with Crippen LogP contribution in [0.2, 0.25) is 0 Å². The van der Waals surface area contributed by atoms with E-state index >= 15 is 0 Å². The number of nitrogens with zero attached hydrogens (tertiary/aromatic N) is 3. The lowest BCUT2D eigenvalue weighted by molar-refractivity contribution is -0.0555. The van der Waals surface area contributed by atoms with Crippen LogP contribution in [0.4, 0.5) is 0 Å². The average molecular weight is 287 g/mol. The summed E-state index contributed by atoms with van der Waals surface area (Å²) < 4.78 is 11.0. The van der Waals surface area contributed by atoms with E-state index in [2.05, 4.69) is 47.9 Å². The number of hydrogen-bond donors (Lipinski definition) is 0. The van der Waals surface area contributed by atoms with Gasteiger partial charge in [-0.1, -0.05) is 28.9 Å². The summed E-state index contributed by atoms with van der Waals surface area (Å²) in [6.45, 7) is 8.62. The van der Waals surface area contributed by atoms with Crippen molar-refractivity contribution in [1.82, 2.24) is 15.0 Å². The van der Waals surface area contributed by atoms with Crippen molar-refractivity contribution < 1.29 is 9.26 Å². The number of aryl methyl sites for hydroxylation is 1. The molecule has 2 atom stereocenters. The Labute approximate surface area is 124 Å². The highest BCUT2D eigenvalue weighted by Gasteiger charge is 2.25. The molecule has 0 amide bonds. The van der Waals surface area contributed by atoms with E-state index in [4.69, 9.17) is 9.26 Å². The van der Waals surface area contributed by atoms with Gasteiger partial charge in [0.2, 0.25) is 11.7 Å². The molecule has 1 saturated heterocycles. The van der Waals surface area contributed by atoms with Gasteiger partial charge in [0.1, 0.15) is 0 Å². The highest BCUT2D eigenvalue weighted by molar-refractivity contribution is 5.55. The molecule has 1 aliphatic heterocycles. The zero-order valence-corrected chi connectivity index (χ0v) is 12.7. The maximum absolute atomic E-state index is 5.64. The molecule has 0 saturated carbocycles. The number of morpholine rings is 1. The van der Waals surface area contributed by atoms with Crippen molar-refractivity contribution >= 4 is 0 Å². The summed E-state index contributed by atoms with van der Waals surface area (Å²) in [5.74, 6) is 1.31. The molecule has 5 heteroatoms. The minimum Gasteiger partial charge on any atom is -0.376 e. The summed E-state index contributed by atoms with van der Waals surface area (Å²) >= 11 is 0. The highest BCUT2D eigenvalue weighted by Crippen LogP contribution is 2.19. The molecule has 21 heavy (non-hydrogen) atoms. The summed E-state index contributed by atoms with van der Waals surface area (Å²) in [7, 11) is 0. The van der Waals surface area contributed by atoms with Gasteiger partial charge in [0.25, 0.3) is 0 Å². The lowest BCUT2D eigenvalue weighted by Gasteiger charge is -2.35. The summed E-state index contributed by atoms with van der Waals surface area (Å²) in [5, 5.41) is 4.09. The SMILES string of the molecule is Cc1cccc(-c2noc(CN3C[C@@H](C)OC[C@@H]3C)n2)c1. The third-order valence-corrected chi connectivity index (χ3v) is 3.82. The Balaban J connectivity index is 1.73. The van der Waals surface area contributed by atoms with Crippen LogP contribution in [-0.4, -0.2) is 40.3 Å². The van der Waals surface area contributed by atoms with Gasteiger partial charge in [-0.05, 0) is 26.8 Å². The number of ether oxygens (including phenoxy) is 1. The van der Waals surface area contributed by atoms with E-state index in [0.717, 1.165) is 18.7 Å². The Bertz CT molecular complexity index is 611. The fourth-order valence-corrected chi connectivity index (χ4v) is 2.59. The fourth-order valence-electron chi connectivity index (χ4n) is 2.59. The topological polar surface area (TPSA) is 51.4 Å². The molecule has 0 bridgehead atoms. The molecule has 2 aromatic rings. The summed E-state index contributed by atoms with van der Waals surface area (Å²) in [4.78, 5) is 6.84. The second-order valence-corrected chi connectivity index (χ2v) is 5.80. The Kier molecular flexibility index (Phi) is 4.03. The first kappa shape index (κ1) is 14.2. The maximum atomic E-state index is 5.64. The molecule has 3 rings (SSSR count). The smallest absolute Gasteiger partial charge is 0.241 e. The van der Waals surface area contributed by atoms with Gasteiger partial charge in [0.05, 0.1) is 19.3 Å². The largest absolute Gasteiger partial charge is 0.376 e. The Morgan fingerprint density at radius 3 is 3.00 bits per heavy atom. The second kappa shape index (κ2) is 5.95. The van der Waals surface area contributed by atoms with Gasteiger partial charge in [0.15, 0.2) is 0 Å². The Morgan fingerprint density at radius 2 is 2.19 bits per heavy atom. The standard InChI is InChI=1S/C16H21N3O2/c1-11-5-4-6-14(7-11)16-17-15(21-18-16)9-19-8-13(3)20-10-12(19)2/h4-7,12-13H,8-10H2,1-3H3/t12-,13+/m0/s1. The molecule has 0 N–H and O–H groups in total. The van der Waals surface area contributed by atoms with Crippen molar-refractivity contribution in [1.29, 1.82) is 0 Å². The summed E-state index contributed by atoms with van der Waals surface area (Å²) in [5.41, 5.74) is 2.18. The van der Waals surface area contributed by atoms with E-state index in [1.54, 1.807) is 0 Å². The molecule has 0 spiro atoms. The molecule has 2 heterocycles.